The molecule has 2 aromatic carbocycles. The van der Waals surface area contributed by atoms with E-state index < -0.39 is 25.5 Å². The number of nitrogens with one attached hydrogen (secondary N) is 1. The van der Waals surface area contributed by atoms with Crippen molar-refractivity contribution < 1.29 is 22.9 Å². The second kappa shape index (κ2) is 7.33. The number of ether oxygens (including phenoxy) is 1. The summed E-state index contributed by atoms with van der Waals surface area (Å²) >= 11 is 0. The minimum absolute atomic E-state index is 0.0778. The van der Waals surface area contributed by atoms with Gasteiger partial charge >= 0.3 is 0 Å². The number of carbonyl (C=O) groups excluding carboxylic acids is 1. The van der Waals surface area contributed by atoms with Gasteiger partial charge in [-0.2, -0.15) is 0 Å². The van der Waals surface area contributed by atoms with E-state index in [4.69, 9.17) is 4.74 Å². The molecule has 1 aliphatic rings. The molecular weight excluding hydrogens is 374 g/mol. The molecular formula is C17H17N3O6S. The highest BCUT2D eigenvalue weighted by Gasteiger charge is 2.28. The minimum Gasteiger partial charge on any atom is -0.375 e. The van der Waals surface area contributed by atoms with E-state index in [2.05, 4.69) is 4.72 Å². The van der Waals surface area contributed by atoms with Gasteiger partial charge in [0, 0.05) is 25.4 Å². The fourth-order valence-corrected chi connectivity index (χ4v) is 4.17. The number of hydrogen-bond donors (Lipinski definition) is 1. The average Bonchev–Trinajstić information content (AvgIpc) is 3.05. The highest BCUT2D eigenvalue weighted by molar-refractivity contribution is 7.92. The lowest BCUT2D eigenvalue weighted by atomic mass is 10.1. The number of fused-ring (bicyclic) bond motifs is 1. The molecule has 1 amide bonds. The van der Waals surface area contributed by atoms with Gasteiger partial charge in [-0.1, -0.05) is 18.2 Å². The summed E-state index contributed by atoms with van der Waals surface area (Å²) in [4.78, 5) is 23.6. The van der Waals surface area contributed by atoms with Gasteiger partial charge in [-0.3, -0.25) is 19.6 Å². The number of sulfonamides is 1. The van der Waals surface area contributed by atoms with Crippen LogP contribution in [0.5, 0.6) is 0 Å². The van der Waals surface area contributed by atoms with E-state index >= 15 is 0 Å². The van der Waals surface area contributed by atoms with Crippen LogP contribution in [-0.4, -0.2) is 39.5 Å². The van der Waals surface area contributed by atoms with Crippen molar-refractivity contribution in [3.8, 4) is 0 Å². The van der Waals surface area contributed by atoms with Crippen molar-refractivity contribution in [1.82, 2.24) is 0 Å². The third-order valence-electron chi connectivity index (χ3n) is 4.15. The SMILES string of the molecule is COCC(=O)N1CCc2ccc(NS(=O)(=O)c3ccccc3[N+](=O)[O-])cc21. The van der Waals surface area contributed by atoms with Crippen LogP contribution < -0.4 is 9.62 Å². The Bertz CT molecular complexity index is 1010. The number of nitro groups is 1. The molecule has 0 saturated heterocycles. The maximum absolute atomic E-state index is 12.6. The molecule has 10 heteroatoms. The summed E-state index contributed by atoms with van der Waals surface area (Å²) in [7, 11) is -2.75. The minimum atomic E-state index is -4.17. The molecule has 0 atom stereocenters. The van der Waals surface area contributed by atoms with E-state index in [1.807, 2.05) is 0 Å². The molecule has 3 rings (SSSR count). The Morgan fingerprint density at radius 3 is 2.74 bits per heavy atom. The maximum atomic E-state index is 12.6. The Kier molecular flexibility index (Phi) is 5.10. The first kappa shape index (κ1) is 18.8. The zero-order valence-electron chi connectivity index (χ0n) is 14.4. The third kappa shape index (κ3) is 3.76. The molecule has 0 bridgehead atoms. The lowest BCUT2D eigenvalue weighted by Crippen LogP contribution is -2.32. The Hall–Kier alpha value is -2.98. The van der Waals surface area contributed by atoms with E-state index in [-0.39, 0.29) is 18.2 Å². The number of nitrogens with zero attached hydrogens (tertiary/aromatic N) is 2. The van der Waals surface area contributed by atoms with Gasteiger partial charge in [-0.05, 0) is 30.2 Å². The molecule has 142 valence electrons. The zero-order valence-corrected chi connectivity index (χ0v) is 15.2. The standard InChI is InChI=1S/C17H17N3O6S/c1-26-11-17(21)19-9-8-12-6-7-13(10-15(12)19)18-27(24,25)16-5-3-2-4-14(16)20(22)23/h2-7,10,18H,8-9,11H2,1H3. The highest BCUT2D eigenvalue weighted by atomic mass is 32.2. The first-order valence-electron chi connectivity index (χ1n) is 8.02. The third-order valence-corrected chi connectivity index (χ3v) is 5.58. The summed E-state index contributed by atoms with van der Waals surface area (Å²) in [5.41, 5.74) is 1.21. The van der Waals surface area contributed by atoms with Crippen molar-refractivity contribution in [2.75, 3.05) is 29.9 Å². The monoisotopic (exact) mass is 391 g/mol. The summed E-state index contributed by atoms with van der Waals surface area (Å²) < 4.78 is 32.5. The molecule has 1 N–H and O–H groups in total. The van der Waals surface area contributed by atoms with E-state index in [9.17, 15) is 23.3 Å². The van der Waals surface area contributed by atoms with Crippen molar-refractivity contribution in [2.24, 2.45) is 0 Å². The van der Waals surface area contributed by atoms with Gasteiger partial charge in [0.1, 0.15) is 6.61 Å². The molecule has 0 aliphatic carbocycles. The smallest absolute Gasteiger partial charge is 0.289 e. The zero-order chi connectivity index (χ0) is 19.6. The number of carbonyl (C=O) groups is 1. The van der Waals surface area contributed by atoms with Gasteiger partial charge in [0.25, 0.3) is 21.6 Å². The van der Waals surface area contributed by atoms with Crippen LogP contribution in [0.25, 0.3) is 0 Å². The van der Waals surface area contributed by atoms with Crippen molar-refractivity contribution in [3.05, 3.63) is 58.1 Å². The van der Waals surface area contributed by atoms with E-state index in [0.29, 0.717) is 18.7 Å². The fourth-order valence-electron chi connectivity index (χ4n) is 2.95. The number of nitro benzene ring substituents is 1. The molecule has 27 heavy (non-hydrogen) atoms. The number of rotatable bonds is 6. The van der Waals surface area contributed by atoms with Gasteiger partial charge in [0.15, 0.2) is 4.90 Å². The van der Waals surface area contributed by atoms with Crippen molar-refractivity contribution in [3.63, 3.8) is 0 Å². The molecule has 0 spiro atoms. The van der Waals surface area contributed by atoms with E-state index in [0.717, 1.165) is 11.6 Å². The van der Waals surface area contributed by atoms with Crippen LogP contribution in [0.1, 0.15) is 5.56 Å². The van der Waals surface area contributed by atoms with Crippen LogP contribution in [0, 0.1) is 10.1 Å². The van der Waals surface area contributed by atoms with Gasteiger partial charge in [0.05, 0.1) is 10.6 Å². The number of hydrogen-bond acceptors (Lipinski definition) is 6. The summed E-state index contributed by atoms with van der Waals surface area (Å²) in [5, 5.41) is 11.1. The molecule has 2 aromatic rings. The Balaban J connectivity index is 1.92. The molecule has 1 heterocycles. The Morgan fingerprint density at radius 2 is 2.04 bits per heavy atom. The van der Waals surface area contributed by atoms with Gasteiger partial charge < -0.3 is 9.64 Å². The van der Waals surface area contributed by atoms with E-state index in [1.165, 1.54) is 30.2 Å². The van der Waals surface area contributed by atoms with E-state index in [1.54, 1.807) is 18.2 Å². The maximum Gasteiger partial charge on any atom is 0.289 e. The predicted molar refractivity (Wildman–Crippen MR) is 98.3 cm³/mol. The molecule has 1 aliphatic heterocycles. The fraction of sp³-hybridized carbons (Fsp3) is 0.235. The Labute approximate surface area is 155 Å². The summed E-state index contributed by atoms with van der Waals surface area (Å²) in [6.07, 6.45) is 0.655. The van der Waals surface area contributed by atoms with Crippen LogP contribution in [0.15, 0.2) is 47.4 Å². The second-order valence-electron chi connectivity index (χ2n) is 5.90. The van der Waals surface area contributed by atoms with Gasteiger partial charge in [-0.15, -0.1) is 0 Å². The molecule has 9 nitrogen and oxygen atoms in total. The lowest BCUT2D eigenvalue weighted by Gasteiger charge is -2.18. The number of methoxy groups -OCH3 is 1. The molecule has 0 unspecified atom stereocenters. The largest absolute Gasteiger partial charge is 0.375 e. The number of amides is 1. The molecule has 0 fully saturated rings. The van der Waals surface area contributed by atoms with Crippen molar-refractivity contribution >= 4 is 33.0 Å². The number of anilines is 2. The molecule has 0 radical (unpaired) electrons. The van der Waals surface area contributed by atoms with Crippen LogP contribution >= 0.6 is 0 Å². The number of para-hydroxylation sites is 1. The Morgan fingerprint density at radius 1 is 1.30 bits per heavy atom. The lowest BCUT2D eigenvalue weighted by molar-refractivity contribution is -0.387. The van der Waals surface area contributed by atoms with Gasteiger partial charge in [-0.25, -0.2) is 8.42 Å². The van der Waals surface area contributed by atoms with Crippen LogP contribution in [0.3, 0.4) is 0 Å². The average molecular weight is 391 g/mol. The predicted octanol–water partition coefficient (Wildman–Crippen LogP) is 1.93. The first-order valence-corrected chi connectivity index (χ1v) is 9.50. The highest BCUT2D eigenvalue weighted by Crippen LogP contribution is 2.32. The van der Waals surface area contributed by atoms with Crippen molar-refractivity contribution in [2.45, 2.75) is 11.3 Å². The second-order valence-corrected chi connectivity index (χ2v) is 7.55. The molecule has 0 aromatic heterocycles. The topological polar surface area (TPSA) is 119 Å². The summed E-state index contributed by atoms with van der Waals surface area (Å²) in [5.74, 6) is -0.227. The van der Waals surface area contributed by atoms with Crippen LogP contribution in [0.4, 0.5) is 17.1 Å². The number of benzene rings is 2. The van der Waals surface area contributed by atoms with Gasteiger partial charge in [0.2, 0.25) is 0 Å². The van der Waals surface area contributed by atoms with Crippen LogP contribution in [-0.2, 0) is 26.0 Å². The normalized spacial score (nSPS) is 13.3. The quantitative estimate of drug-likeness (QED) is 0.594. The van der Waals surface area contributed by atoms with Crippen molar-refractivity contribution in [1.29, 1.82) is 0 Å². The van der Waals surface area contributed by atoms with Crippen LogP contribution in [0.2, 0.25) is 0 Å². The summed E-state index contributed by atoms with van der Waals surface area (Å²) in [6, 6.07) is 9.94. The first-order chi connectivity index (χ1) is 12.8. The summed E-state index contributed by atoms with van der Waals surface area (Å²) in [6.45, 7) is 0.406. The molecule has 0 saturated carbocycles.